The summed E-state index contributed by atoms with van der Waals surface area (Å²) in [4.78, 5) is 18.5. The van der Waals surface area contributed by atoms with E-state index in [2.05, 4.69) is 15.6 Å². The standard InChI is InChI=1S/C15H18N4O/c1-16-12-8-5-4-7-11(12)15(20)18-13-9-6-10-17-14(13)19(2)3/h4-10,16H,1-3H3,(H,18,20). The number of aromatic nitrogens is 1. The average Bonchev–Trinajstić information content (AvgIpc) is 2.47. The van der Waals surface area contributed by atoms with Gasteiger partial charge in [-0.3, -0.25) is 4.79 Å². The van der Waals surface area contributed by atoms with Crippen LogP contribution in [0.2, 0.25) is 0 Å². The summed E-state index contributed by atoms with van der Waals surface area (Å²) in [7, 11) is 5.57. The van der Waals surface area contributed by atoms with E-state index in [1.54, 1.807) is 25.4 Å². The Balaban J connectivity index is 2.28. The number of hydrogen-bond acceptors (Lipinski definition) is 4. The summed E-state index contributed by atoms with van der Waals surface area (Å²) in [5.41, 5.74) is 2.08. The van der Waals surface area contributed by atoms with Gasteiger partial charge in [0, 0.05) is 33.0 Å². The van der Waals surface area contributed by atoms with Crippen LogP contribution in [0, 0.1) is 0 Å². The topological polar surface area (TPSA) is 57.3 Å². The normalized spacial score (nSPS) is 9.95. The second-order valence-corrected chi connectivity index (χ2v) is 4.52. The van der Waals surface area contributed by atoms with Crippen molar-refractivity contribution in [2.24, 2.45) is 0 Å². The van der Waals surface area contributed by atoms with E-state index >= 15 is 0 Å². The molecule has 0 bridgehead atoms. The van der Waals surface area contributed by atoms with Gasteiger partial charge >= 0.3 is 0 Å². The van der Waals surface area contributed by atoms with E-state index in [4.69, 9.17) is 0 Å². The fourth-order valence-electron chi connectivity index (χ4n) is 1.94. The van der Waals surface area contributed by atoms with E-state index in [0.717, 1.165) is 11.5 Å². The number of carbonyl (C=O) groups excluding carboxylic acids is 1. The van der Waals surface area contributed by atoms with Crippen molar-refractivity contribution < 1.29 is 4.79 Å². The Morgan fingerprint density at radius 2 is 1.80 bits per heavy atom. The molecule has 0 aliphatic carbocycles. The Labute approximate surface area is 118 Å². The predicted octanol–water partition coefficient (Wildman–Crippen LogP) is 2.44. The fraction of sp³-hybridized carbons (Fsp3) is 0.200. The van der Waals surface area contributed by atoms with Crippen molar-refractivity contribution in [2.45, 2.75) is 0 Å². The fourth-order valence-corrected chi connectivity index (χ4v) is 1.94. The number of para-hydroxylation sites is 1. The van der Waals surface area contributed by atoms with E-state index in [1.165, 1.54) is 0 Å². The molecule has 20 heavy (non-hydrogen) atoms. The van der Waals surface area contributed by atoms with Crippen LogP contribution in [0.3, 0.4) is 0 Å². The predicted molar refractivity (Wildman–Crippen MR) is 82.5 cm³/mol. The summed E-state index contributed by atoms with van der Waals surface area (Å²) in [5.74, 6) is 0.564. The molecule has 104 valence electrons. The summed E-state index contributed by atoms with van der Waals surface area (Å²) in [6.45, 7) is 0. The van der Waals surface area contributed by atoms with E-state index in [9.17, 15) is 4.79 Å². The number of pyridine rings is 1. The van der Waals surface area contributed by atoms with Crippen LogP contribution in [0.5, 0.6) is 0 Å². The Hall–Kier alpha value is -2.56. The molecule has 0 atom stereocenters. The van der Waals surface area contributed by atoms with Gasteiger partial charge in [-0.25, -0.2) is 4.98 Å². The van der Waals surface area contributed by atoms with Crippen LogP contribution >= 0.6 is 0 Å². The molecule has 5 heteroatoms. The van der Waals surface area contributed by atoms with Gasteiger partial charge in [-0.05, 0) is 24.3 Å². The lowest BCUT2D eigenvalue weighted by atomic mass is 10.1. The first kappa shape index (κ1) is 13.9. The zero-order chi connectivity index (χ0) is 14.5. The molecule has 0 fully saturated rings. The van der Waals surface area contributed by atoms with Gasteiger partial charge in [-0.2, -0.15) is 0 Å². The molecule has 2 rings (SSSR count). The third-order valence-corrected chi connectivity index (χ3v) is 2.90. The van der Waals surface area contributed by atoms with Gasteiger partial charge in [0.2, 0.25) is 0 Å². The highest BCUT2D eigenvalue weighted by Crippen LogP contribution is 2.22. The number of amides is 1. The van der Waals surface area contributed by atoms with Crippen LogP contribution in [-0.2, 0) is 0 Å². The molecule has 1 aromatic carbocycles. The molecule has 2 aromatic rings. The van der Waals surface area contributed by atoms with Crippen LogP contribution < -0.4 is 15.5 Å². The molecule has 5 nitrogen and oxygen atoms in total. The molecule has 1 heterocycles. The number of carbonyl (C=O) groups is 1. The van der Waals surface area contributed by atoms with Crippen LogP contribution in [0.15, 0.2) is 42.6 Å². The lowest BCUT2D eigenvalue weighted by Gasteiger charge is -2.16. The van der Waals surface area contributed by atoms with Crippen LogP contribution in [0.4, 0.5) is 17.2 Å². The zero-order valence-corrected chi connectivity index (χ0v) is 11.8. The lowest BCUT2D eigenvalue weighted by Crippen LogP contribution is -2.18. The van der Waals surface area contributed by atoms with Crippen molar-refractivity contribution in [3.05, 3.63) is 48.2 Å². The molecule has 0 spiro atoms. The first-order valence-electron chi connectivity index (χ1n) is 6.34. The summed E-state index contributed by atoms with van der Waals surface area (Å²) in [5, 5.41) is 5.91. The second kappa shape index (κ2) is 6.06. The highest BCUT2D eigenvalue weighted by atomic mass is 16.1. The minimum absolute atomic E-state index is 0.161. The van der Waals surface area contributed by atoms with Gasteiger partial charge in [0.05, 0.1) is 11.3 Å². The van der Waals surface area contributed by atoms with Gasteiger partial charge in [-0.15, -0.1) is 0 Å². The van der Waals surface area contributed by atoms with Crippen LogP contribution in [0.1, 0.15) is 10.4 Å². The highest BCUT2D eigenvalue weighted by molar-refractivity contribution is 6.09. The van der Waals surface area contributed by atoms with Gasteiger partial charge in [-0.1, -0.05) is 12.1 Å². The maximum atomic E-state index is 12.4. The van der Waals surface area contributed by atoms with Crippen molar-refractivity contribution in [3.63, 3.8) is 0 Å². The van der Waals surface area contributed by atoms with Crippen LogP contribution in [0.25, 0.3) is 0 Å². The van der Waals surface area contributed by atoms with Crippen molar-refractivity contribution in [2.75, 3.05) is 36.7 Å². The minimum atomic E-state index is -0.161. The second-order valence-electron chi connectivity index (χ2n) is 4.52. The molecule has 0 unspecified atom stereocenters. The average molecular weight is 270 g/mol. The molecule has 0 radical (unpaired) electrons. The van der Waals surface area contributed by atoms with E-state index in [0.29, 0.717) is 11.3 Å². The first-order chi connectivity index (χ1) is 9.63. The molecule has 2 N–H and O–H groups in total. The minimum Gasteiger partial charge on any atom is -0.387 e. The maximum absolute atomic E-state index is 12.4. The highest BCUT2D eigenvalue weighted by Gasteiger charge is 2.13. The summed E-state index contributed by atoms with van der Waals surface area (Å²) in [6.07, 6.45) is 1.70. The van der Waals surface area contributed by atoms with Crippen molar-refractivity contribution in [1.82, 2.24) is 4.98 Å². The number of benzene rings is 1. The van der Waals surface area contributed by atoms with Gasteiger partial charge in [0.1, 0.15) is 0 Å². The van der Waals surface area contributed by atoms with Gasteiger partial charge in [0.25, 0.3) is 5.91 Å². The Morgan fingerprint density at radius 3 is 2.50 bits per heavy atom. The number of nitrogens with one attached hydrogen (secondary N) is 2. The molecule has 1 amide bonds. The zero-order valence-electron chi connectivity index (χ0n) is 11.8. The smallest absolute Gasteiger partial charge is 0.257 e. The van der Waals surface area contributed by atoms with Crippen molar-refractivity contribution in [3.8, 4) is 0 Å². The molecule has 0 saturated carbocycles. The lowest BCUT2D eigenvalue weighted by molar-refractivity contribution is 0.102. The number of hydrogen-bond donors (Lipinski definition) is 2. The molecular formula is C15H18N4O. The number of anilines is 3. The number of rotatable bonds is 4. The number of nitrogens with zero attached hydrogens (tertiary/aromatic N) is 2. The van der Waals surface area contributed by atoms with Gasteiger partial charge < -0.3 is 15.5 Å². The quantitative estimate of drug-likeness (QED) is 0.896. The Morgan fingerprint density at radius 1 is 1.10 bits per heavy atom. The van der Waals surface area contributed by atoms with Crippen LogP contribution in [-0.4, -0.2) is 32.0 Å². The summed E-state index contributed by atoms with van der Waals surface area (Å²) in [6, 6.07) is 11.0. The van der Waals surface area contributed by atoms with Gasteiger partial charge in [0.15, 0.2) is 5.82 Å². The molecule has 0 aliphatic heterocycles. The molecule has 0 aliphatic rings. The van der Waals surface area contributed by atoms with Crippen molar-refractivity contribution in [1.29, 1.82) is 0 Å². The monoisotopic (exact) mass is 270 g/mol. The summed E-state index contributed by atoms with van der Waals surface area (Å²) < 4.78 is 0. The third-order valence-electron chi connectivity index (χ3n) is 2.90. The first-order valence-corrected chi connectivity index (χ1v) is 6.34. The summed E-state index contributed by atoms with van der Waals surface area (Å²) >= 11 is 0. The SMILES string of the molecule is CNc1ccccc1C(=O)Nc1cccnc1N(C)C. The molecular weight excluding hydrogens is 252 g/mol. The molecule has 1 aromatic heterocycles. The van der Waals surface area contributed by atoms with E-state index in [-0.39, 0.29) is 5.91 Å². The van der Waals surface area contributed by atoms with E-state index in [1.807, 2.05) is 43.3 Å². The maximum Gasteiger partial charge on any atom is 0.257 e. The third kappa shape index (κ3) is 2.88. The molecule has 0 saturated heterocycles. The Bertz CT molecular complexity index is 610. The van der Waals surface area contributed by atoms with E-state index < -0.39 is 0 Å². The van der Waals surface area contributed by atoms with Crippen molar-refractivity contribution >= 4 is 23.1 Å². The largest absolute Gasteiger partial charge is 0.387 e. The Kier molecular flexibility index (Phi) is 4.20.